The third kappa shape index (κ3) is 3.79. The lowest BCUT2D eigenvalue weighted by atomic mass is 10.0. The Morgan fingerprint density at radius 1 is 1.07 bits per heavy atom. The molecule has 1 heterocycles. The molecule has 2 unspecified atom stereocenters. The number of nitrogens with zero attached hydrogens (tertiary/aromatic N) is 1. The number of rotatable bonds is 5. The van der Waals surface area contributed by atoms with Crippen LogP contribution in [0.2, 0.25) is 0 Å². The van der Waals surface area contributed by atoms with Crippen molar-refractivity contribution in [3.63, 3.8) is 0 Å². The summed E-state index contributed by atoms with van der Waals surface area (Å²) < 4.78 is 41.9. The van der Waals surface area contributed by atoms with Crippen LogP contribution in [0.3, 0.4) is 0 Å². The lowest BCUT2D eigenvalue weighted by Crippen LogP contribution is -2.39. The van der Waals surface area contributed by atoms with E-state index in [-0.39, 0.29) is 13.2 Å². The first-order valence-electron chi connectivity index (χ1n) is 9.01. The molecule has 7 heteroatoms. The van der Waals surface area contributed by atoms with Crippen molar-refractivity contribution >= 4 is 20.8 Å². The SMILES string of the molecule is CN1OCC(S(=O)(=O)NCc2cccc(F)c2)C1c1ccc2ccccc2c1. The Kier molecular flexibility index (Phi) is 5.16. The monoisotopic (exact) mass is 400 g/mol. The maximum Gasteiger partial charge on any atom is 0.219 e. The Bertz CT molecular complexity index is 1100. The van der Waals surface area contributed by atoms with Crippen LogP contribution >= 0.6 is 0 Å². The van der Waals surface area contributed by atoms with Gasteiger partial charge in [0.05, 0.1) is 12.6 Å². The van der Waals surface area contributed by atoms with E-state index < -0.39 is 27.1 Å². The highest BCUT2D eigenvalue weighted by Crippen LogP contribution is 2.34. The highest BCUT2D eigenvalue weighted by atomic mass is 32.2. The molecule has 5 nitrogen and oxygen atoms in total. The fraction of sp³-hybridized carbons (Fsp3) is 0.238. The zero-order chi connectivity index (χ0) is 19.7. The molecule has 1 aliphatic heterocycles. The molecule has 1 fully saturated rings. The van der Waals surface area contributed by atoms with Crippen molar-refractivity contribution < 1.29 is 17.6 Å². The average molecular weight is 400 g/mol. The number of nitrogens with one attached hydrogen (secondary N) is 1. The fourth-order valence-electron chi connectivity index (χ4n) is 3.61. The molecule has 0 saturated carbocycles. The van der Waals surface area contributed by atoms with Crippen LogP contribution in [0.25, 0.3) is 10.8 Å². The Morgan fingerprint density at radius 3 is 2.64 bits per heavy atom. The minimum Gasteiger partial charge on any atom is -0.297 e. The van der Waals surface area contributed by atoms with E-state index in [4.69, 9.17) is 4.84 Å². The number of benzene rings is 3. The predicted molar refractivity (Wildman–Crippen MR) is 106 cm³/mol. The van der Waals surface area contributed by atoms with Crippen molar-refractivity contribution in [1.82, 2.24) is 9.79 Å². The van der Waals surface area contributed by atoms with Gasteiger partial charge < -0.3 is 0 Å². The normalized spacial score (nSPS) is 20.6. The molecule has 0 radical (unpaired) electrons. The van der Waals surface area contributed by atoms with Gasteiger partial charge in [0.15, 0.2) is 0 Å². The van der Waals surface area contributed by atoms with Crippen LogP contribution in [-0.2, 0) is 21.4 Å². The van der Waals surface area contributed by atoms with Gasteiger partial charge in [-0.3, -0.25) is 4.84 Å². The van der Waals surface area contributed by atoms with Crippen molar-refractivity contribution in [1.29, 1.82) is 0 Å². The van der Waals surface area contributed by atoms with Crippen molar-refractivity contribution in [2.24, 2.45) is 0 Å². The summed E-state index contributed by atoms with van der Waals surface area (Å²) in [6.07, 6.45) is 0. The standard InChI is InChI=1S/C21H21FN2O3S/c1-24-21(18-10-9-16-6-2-3-7-17(16)12-18)20(14-27-24)28(25,26)23-13-15-5-4-8-19(22)11-15/h2-12,20-21,23H,13-14H2,1H3. The Balaban J connectivity index is 1.59. The zero-order valence-corrected chi connectivity index (χ0v) is 16.2. The molecule has 2 atom stereocenters. The van der Waals surface area contributed by atoms with Gasteiger partial charge >= 0.3 is 0 Å². The van der Waals surface area contributed by atoms with Crippen LogP contribution in [0.5, 0.6) is 0 Å². The molecule has 146 valence electrons. The number of halogens is 1. The topological polar surface area (TPSA) is 58.6 Å². The highest BCUT2D eigenvalue weighted by molar-refractivity contribution is 7.90. The average Bonchev–Trinajstić information content (AvgIpc) is 3.08. The number of sulfonamides is 1. The summed E-state index contributed by atoms with van der Waals surface area (Å²) >= 11 is 0. The summed E-state index contributed by atoms with van der Waals surface area (Å²) in [7, 11) is -1.96. The summed E-state index contributed by atoms with van der Waals surface area (Å²) in [5, 5.41) is 2.96. The Labute approximate surface area is 163 Å². The largest absolute Gasteiger partial charge is 0.297 e. The highest BCUT2D eigenvalue weighted by Gasteiger charge is 2.43. The molecular weight excluding hydrogens is 379 g/mol. The number of hydrogen-bond acceptors (Lipinski definition) is 4. The number of fused-ring (bicyclic) bond motifs is 1. The maximum absolute atomic E-state index is 13.3. The molecule has 0 bridgehead atoms. The zero-order valence-electron chi connectivity index (χ0n) is 15.4. The lowest BCUT2D eigenvalue weighted by molar-refractivity contribution is -0.110. The van der Waals surface area contributed by atoms with E-state index in [2.05, 4.69) is 4.72 Å². The van der Waals surface area contributed by atoms with E-state index in [1.54, 1.807) is 24.2 Å². The number of hydroxylamine groups is 2. The molecule has 1 saturated heterocycles. The second-order valence-corrected chi connectivity index (χ2v) is 8.91. The molecule has 0 aliphatic carbocycles. The Hall–Kier alpha value is -2.32. The third-order valence-electron chi connectivity index (χ3n) is 5.07. The van der Waals surface area contributed by atoms with E-state index in [1.165, 1.54) is 12.1 Å². The van der Waals surface area contributed by atoms with E-state index in [9.17, 15) is 12.8 Å². The van der Waals surface area contributed by atoms with Gasteiger partial charge in [-0.05, 0) is 40.1 Å². The number of hydrogen-bond donors (Lipinski definition) is 1. The maximum atomic E-state index is 13.3. The van der Waals surface area contributed by atoms with Crippen LogP contribution in [-0.4, -0.2) is 32.4 Å². The summed E-state index contributed by atoms with van der Waals surface area (Å²) in [5.41, 5.74) is 1.44. The van der Waals surface area contributed by atoms with Crippen molar-refractivity contribution in [3.8, 4) is 0 Å². The molecule has 4 rings (SSSR count). The van der Waals surface area contributed by atoms with Crippen molar-refractivity contribution in [2.75, 3.05) is 13.7 Å². The van der Waals surface area contributed by atoms with E-state index in [0.717, 1.165) is 16.3 Å². The molecule has 3 aromatic rings. The lowest BCUT2D eigenvalue weighted by Gasteiger charge is -2.23. The van der Waals surface area contributed by atoms with Gasteiger partial charge in [0.1, 0.15) is 11.1 Å². The molecule has 0 spiro atoms. The van der Waals surface area contributed by atoms with Gasteiger partial charge in [-0.15, -0.1) is 0 Å². The summed E-state index contributed by atoms with van der Waals surface area (Å²) in [4.78, 5) is 5.56. The second-order valence-electron chi connectivity index (χ2n) is 6.93. The van der Waals surface area contributed by atoms with Gasteiger partial charge in [0.25, 0.3) is 0 Å². The van der Waals surface area contributed by atoms with Crippen molar-refractivity contribution in [3.05, 3.63) is 83.7 Å². The summed E-state index contributed by atoms with van der Waals surface area (Å²) in [5.74, 6) is -0.394. The second kappa shape index (κ2) is 7.60. The van der Waals surface area contributed by atoms with Crippen LogP contribution in [0.1, 0.15) is 17.2 Å². The molecule has 3 aromatic carbocycles. The summed E-state index contributed by atoms with van der Waals surface area (Å²) in [6.45, 7) is 0.0945. The first kappa shape index (κ1) is 19.0. The van der Waals surface area contributed by atoms with Gasteiger partial charge in [-0.1, -0.05) is 48.5 Å². The van der Waals surface area contributed by atoms with Crippen LogP contribution in [0.4, 0.5) is 4.39 Å². The first-order valence-corrected chi connectivity index (χ1v) is 10.6. The fourth-order valence-corrected chi connectivity index (χ4v) is 5.10. The van der Waals surface area contributed by atoms with Gasteiger partial charge in [0, 0.05) is 13.6 Å². The van der Waals surface area contributed by atoms with Crippen LogP contribution in [0.15, 0.2) is 66.7 Å². The molecular formula is C21H21FN2O3S. The van der Waals surface area contributed by atoms with Crippen molar-refractivity contribution in [2.45, 2.75) is 17.8 Å². The van der Waals surface area contributed by atoms with Crippen LogP contribution in [0, 0.1) is 5.82 Å². The van der Waals surface area contributed by atoms with Gasteiger partial charge in [-0.25, -0.2) is 17.5 Å². The van der Waals surface area contributed by atoms with E-state index in [1.807, 2.05) is 42.5 Å². The molecule has 0 aromatic heterocycles. The van der Waals surface area contributed by atoms with E-state index in [0.29, 0.717) is 5.56 Å². The van der Waals surface area contributed by atoms with Crippen LogP contribution < -0.4 is 4.72 Å². The molecule has 1 aliphatic rings. The third-order valence-corrected chi connectivity index (χ3v) is 6.80. The minimum atomic E-state index is -3.69. The molecule has 28 heavy (non-hydrogen) atoms. The first-order chi connectivity index (χ1) is 13.4. The molecule has 0 amide bonds. The quantitative estimate of drug-likeness (QED) is 0.713. The van der Waals surface area contributed by atoms with Gasteiger partial charge in [0.2, 0.25) is 10.0 Å². The smallest absolute Gasteiger partial charge is 0.219 e. The minimum absolute atomic E-state index is 0.0325. The van der Waals surface area contributed by atoms with E-state index >= 15 is 0 Å². The summed E-state index contributed by atoms with van der Waals surface area (Å²) in [6, 6.07) is 19.3. The predicted octanol–water partition coefficient (Wildman–Crippen LogP) is 3.39. The van der Waals surface area contributed by atoms with Gasteiger partial charge in [-0.2, -0.15) is 5.06 Å². The Morgan fingerprint density at radius 2 is 1.86 bits per heavy atom. The molecule has 1 N–H and O–H groups in total.